The first-order chi connectivity index (χ1) is 15.6. The second-order valence-corrected chi connectivity index (χ2v) is 8.60. The van der Waals surface area contributed by atoms with Crippen molar-refractivity contribution in [3.63, 3.8) is 0 Å². The van der Waals surface area contributed by atoms with Gasteiger partial charge in [-0.05, 0) is 30.8 Å². The van der Waals surface area contributed by atoms with Crippen LogP contribution < -0.4 is 5.32 Å². The molecule has 162 valence electrons. The second-order valence-electron chi connectivity index (χ2n) is 7.52. The lowest BCUT2D eigenvalue weighted by Crippen LogP contribution is -2.29. The first-order valence-corrected chi connectivity index (χ1v) is 11.3. The van der Waals surface area contributed by atoms with E-state index in [4.69, 9.17) is 4.42 Å². The van der Waals surface area contributed by atoms with E-state index < -0.39 is 5.82 Å². The summed E-state index contributed by atoms with van der Waals surface area (Å²) in [5.74, 6) is -0.118. The molecular weight excluding hydrogens is 427 g/mol. The van der Waals surface area contributed by atoms with Gasteiger partial charge in [-0.1, -0.05) is 31.2 Å². The molecule has 0 saturated heterocycles. The molecule has 0 aliphatic carbocycles. The number of nitrogens with zero attached hydrogens (tertiary/aromatic N) is 3. The molecule has 5 rings (SSSR count). The molecule has 0 bridgehead atoms. The highest BCUT2D eigenvalue weighted by atomic mass is 32.1. The summed E-state index contributed by atoms with van der Waals surface area (Å²) in [6.07, 6.45) is 2.36. The van der Waals surface area contributed by atoms with E-state index in [9.17, 15) is 9.18 Å². The monoisotopic (exact) mass is 448 g/mol. The lowest BCUT2D eigenvalue weighted by atomic mass is 10.1. The molecule has 32 heavy (non-hydrogen) atoms. The van der Waals surface area contributed by atoms with Gasteiger partial charge in [0.05, 0.1) is 23.0 Å². The molecule has 8 heteroatoms. The maximum absolute atomic E-state index is 14.1. The van der Waals surface area contributed by atoms with Crippen LogP contribution in [0, 0.1) is 5.82 Å². The number of benzene rings is 2. The van der Waals surface area contributed by atoms with Crippen molar-refractivity contribution in [2.24, 2.45) is 0 Å². The highest BCUT2D eigenvalue weighted by Gasteiger charge is 2.22. The van der Waals surface area contributed by atoms with Crippen LogP contribution in [0.5, 0.6) is 0 Å². The fourth-order valence-corrected chi connectivity index (χ4v) is 4.83. The van der Waals surface area contributed by atoms with Crippen molar-refractivity contribution in [2.75, 3.05) is 18.4 Å². The summed E-state index contributed by atoms with van der Waals surface area (Å²) in [6, 6.07) is 13.4. The summed E-state index contributed by atoms with van der Waals surface area (Å²) in [5, 5.41) is 3.52. The maximum atomic E-state index is 14.1. The van der Waals surface area contributed by atoms with Gasteiger partial charge < -0.3 is 4.42 Å². The summed E-state index contributed by atoms with van der Waals surface area (Å²) in [6.45, 7) is 4.99. The summed E-state index contributed by atoms with van der Waals surface area (Å²) >= 11 is 1.52. The Hall–Kier alpha value is -3.36. The van der Waals surface area contributed by atoms with E-state index in [0.717, 1.165) is 31.7 Å². The predicted octanol–water partition coefficient (Wildman–Crippen LogP) is 5.23. The number of thiazole rings is 1. The van der Waals surface area contributed by atoms with Gasteiger partial charge in [-0.25, -0.2) is 14.4 Å². The van der Waals surface area contributed by atoms with Gasteiger partial charge in [-0.3, -0.25) is 15.0 Å². The molecule has 1 aliphatic rings. The third kappa shape index (κ3) is 3.94. The Labute approximate surface area is 188 Å². The number of anilines is 1. The lowest BCUT2D eigenvalue weighted by Gasteiger charge is -2.23. The zero-order valence-corrected chi connectivity index (χ0v) is 18.3. The van der Waals surface area contributed by atoms with Crippen molar-refractivity contribution in [3.05, 3.63) is 76.7 Å². The molecule has 0 spiro atoms. The van der Waals surface area contributed by atoms with Gasteiger partial charge in [0.1, 0.15) is 5.82 Å². The molecule has 6 nitrogen and oxygen atoms in total. The van der Waals surface area contributed by atoms with E-state index in [1.165, 1.54) is 28.5 Å². The van der Waals surface area contributed by atoms with Crippen molar-refractivity contribution in [3.8, 4) is 22.8 Å². The highest BCUT2D eigenvalue weighted by molar-refractivity contribution is 7.15. The molecule has 2 aromatic carbocycles. The fraction of sp³-hybridized carbons (Fsp3) is 0.208. The Morgan fingerprint density at radius 3 is 2.78 bits per heavy atom. The van der Waals surface area contributed by atoms with E-state index in [0.29, 0.717) is 27.6 Å². The van der Waals surface area contributed by atoms with Crippen molar-refractivity contribution < 1.29 is 13.6 Å². The largest absolute Gasteiger partial charge is 0.436 e. The number of likely N-dealkylation sites (N-methyl/N-ethyl adjacent to an activating group) is 1. The number of hydrogen-bond acceptors (Lipinski definition) is 6. The zero-order chi connectivity index (χ0) is 22.1. The van der Waals surface area contributed by atoms with Gasteiger partial charge in [0, 0.05) is 30.0 Å². The third-order valence-corrected chi connectivity index (χ3v) is 6.52. The van der Waals surface area contributed by atoms with E-state index in [-0.39, 0.29) is 11.8 Å². The molecule has 2 aromatic heterocycles. The number of carbonyl (C=O) groups excluding carboxylic acids is 1. The third-order valence-electron chi connectivity index (χ3n) is 5.53. The van der Waals surface area contributed by atoms with Gasteiger partial charge in [0.2, 0.25) is 5.89 Å². The van der Waals surface area contributed by atoms with Crippen LogP contribution in [0.1, 0.15) is 27.9 Å². The number of amides is 1. The molecule has 0 saturated carbocycles. The minimum Gasteiger partial charge on any atom is -0.436 e. The number of nitrogens with one attached hydrogen (secondary N) is 1. The summed E-state index contributed by atoms with van der Waals surface area (Å²) in [4.78, 5) is 25.6. The van der Waals surface area contributed by atoms with E-state index in [2.05, 4.69) is 27.1 Å². The smallest absolute Gasteiger partial charge is 0.258 e. The number of hydrogen-bond donors (Lipinski definition) is 1. The van der Waals surface area contributed by atoms with Crippen LogP contribution in [0.15, 0.2) is 59.1 Å². The lowest BCUT2D eigenvalue weighted by molar-refractivity contribution is 0.102. The first-order valence-electron chi connectivity index (χ1n) is 10.4. The number of aromatic nitrogens is 2. The van der Waals surface area contributed by atoms with E-state index in [1.807, 2.05) is 0 Å². The molecule has 4 aromatic rings. The van der Waals surface area contributed by atoms with Crippen LogP contribution in [-0.4, -0.2) is 33.9 Å². The fourth-order valence-electron chi connectivity index (χ4n) is 3.79. The summed E-state index contributed by atoms with van der Waals surface area (Å²) < 4.78 is 19.9. The number of carbonyl (C=O) groups is 1. The predicted molar refractivity (Wildman–Crippen MR) is 122 cm³/mol. The minimum atomic E-state index is -0.393. The van der Waals surface area contributed by atoms with Crippen LogP contribution in [0.4, 0.5) is 9.52 Å². The molecule has 0 fully saturated rings. The van der Waals surface area contributed by atoms with Gasteiger partial charge >= 0.3 is 0 Å². The Morgan fingerprint density at radius 1 is 1.19 bits per heavy atom. The van der Waals surface area contributed by atoms with Crippen LogP contribution in [0.25, 0.3) is 22.8 Å². The molecule has 1 amide bonds. The van der Waals surface area contributed by atoms with Gasteiger partial charge in [0.15, 0.2) is 10.9 Å². The first kappa shape index (κ1) is 20.5. The normalized spacial score (nSPS) is 13.7. The van der Waals surface area contributed by atoms with Crippen molar-refractivity contribution in [2.45, 2.75) is 19.9 Å². The van der Waals surface area contributed by atoms with E-state index in [1.54, 1.807) is 42.5 Å². The standard InChI is InChI=1S/C24H21FN4O2S/c1-2-29-12-11-19-21(14-29)32-24(27-19)28-22(30)15-7-3-4-8-16(15)23-26-13-20(31-23)17-9-5-6-10-18(17)25/h3-10,13H,2,11-12,14H2,1H3,(H,27,28,30). The molecule has 0 unspecified atom stereocenters. The number of halogens is 1. The van der Waals surface area contributed by atoms with Gasteiger partial charge in [-0.15, -0.1) is 11.3 Å². The van der Waals surface area contributed by atoms with Crippen LogP contribution in [0.3, 0.4) is 0 Å². The number of rotatable bonds is 5. The van der Waals surface area contributed by atoms with Crippen molar-refractivity contribution >= 4 is 22.4 Å². The summed E-state index contributed by atoms with van der Waals surface area (Å²) in [7, 11) is 0. The molecule has 1 N–H and O–H groups in total. The average molecular weight is 449 g/mol. The van der Waals surface area contributed by atoms with Crippen LogP contribution in [-0.2, 0) is 13.0 Å². The van der Waals surface area contributed by atoms with E-state index >= 15 is 0 Å². The molecule has 1 aliphatic heterocycles. The highest BCUT2D eigenvalue weighted by Crippen LogP contribution is 2.31. The molecule has 0 atom stereocenters. The van der Waals surface area contributed by atoms with Crippen LogP contribution >= 0.6 is 11.3 Å². The average Bonchev–Trinajstić information content (AvgIpc) is 3.45. The minimum absolute atomic E-state index is 0.256. The Kier molecular flexibility index (Phi) is 5.55. The topological polar surface area (TPSA) is 71.3 Å². The Bertz CT molecular complexity index is 1280. The Morgan fingerprint density at radius 2 is 1.97 bits per heavy atom. The second kappa shape index (κ2) is 8.64. The molecule has 0 radical (unpaired) electrons. The van der Waals surface area contributed by atoms with Crippen LogP contribution in [0.2, 0.25) is 0 Å². The number of fused-ring (bicyclic) bond motifs is 1. The zero-order valence-electron chi connectivity index (χ0n) is 17.5. The molecular formula is C24H21FN4O2S. The maximum Gasteiger partial charge on any atom is 0.258 e. The van der Waals surface area contributed by atoms with Gasteiger partial charge in [0.25, 0.3) is 5.91 Å². The number of oxazole rings is 1. The molecule has 3 heterocycles. The van der Waals surface area contributed by atoms with Gasteiger partial charge in [-0.2, -0.15) is 0 Å². The van der Waals surface area contributed by atoms with Crippen molar-refractivity contribution in [1.29, 1.82) is 0 Å². The quantitative estimate of drug-likeness (QED) is 0.452. The Balaban J connectivity index is 1.40. The summed E-state index contributed by atoms with van der Waals surface area (Å²) in [5.41, 5.74) is 2.33. The SMILES string of the molecule is CCN1CCc2nc(NC(=O)c3ccccc3-c3ncc(-c4ccccc4F)o3)sc2C1. The van der Waals surface area contributed by atoms with Crippen molar-refractivity contribution in [1.82, 2.24) is 14.9 Å².